The van der Waals surface area contributed by atoms with Gasteiger partial charge < -0.3 is 20.4 Å². The van der Waals surface area contributed by atoms with E-state index in [0.29, 0.717) is 6.54 Å². The van der Waals surface area contributed by atoms with Gasteiger partial charge >= 0.3 is 12.0 Å². The van der Waals surface area contributed by atoms with Gasteiger partial charge in [-0.3, -0.25) is 4.79 Å². The van der Waals surface area contributed by atoms with Crippen molar-refractivity contribution in [3.05, 3.63) is 0 Å². The Morgan fingerprint density at radius 3 is 2.58 bits per heavy atom. The van der Waals surface area contributed by atoms with E-state index < -0.39 is 5.97 Å². The van der Waals surface area contributed by atoms with Crippen molar-refractivity contribution in [2.75, 3.05) is 13.2 Å². The third kappa shape index (κ3) is 4.70. The summed E-state index contributed by atoms with van der Waals surface area (Å²) in [5.41, 5.74) is 0. The van der Waals surface area contributed by atoms with Gasteiger partial charge in [-0.15, -0.1) is 0 Å². The van der Waals surface area contributed by atoms with Crippen molar-refractivity contribution in [3.8, 4) is 0 Å². The first-order chi connectivity index (χ1) is 8.95. The highest BCUT2D eigenvalue weighted by Crippen LogP contribution is 2.17. The summed E-state index contributed by atoms with van der Waals surface area (Å²) in [4.78, 5) is 24.6. The van der Waals surface area contributed by atoms with Gasteiger partial charge in [0.1, 0.15) is 0 Å². The van der Waals surface area contributed by atoms with Crippen LogP contribution in [0.4, 0.5) is 4.79 Å². The molecule has 6 heteroatoms. The molecule has 1 saturated heterocycles. The number of urea groups is 1. The van der Waals surface area contributed by atoms with Crippen LogP contribution in [0, 0.1) is 5.92 Å². The molecule has 3 N–H and O–H groups in total. The van der Waals surface area contributed by atoms with Gasteiger partial charge in [-0.25, -0.2) is 4.79 Å². The predicted molar refractivity (Wildman–Crippen MR) is 70.8 cm³/mol. The molecule has 0 aromatic rings. The number of nitrogens with one attached hydrogen (secondary N) is 1. The summed E-state index contributed by atoms with van der Waals surface area (Å²) in [5.74, 6) is -0.867. The average Bonchev–Trinajstić information content (AvgIpc) is 2.37. The summed E-state index contributed by atoms with van der Waals surface area (Å²) in [7, 11) is 0. The van der Waals surface area contributed by atoms with Crippen LogP contribution in [0.2, 0.25) is 0 Å². The second-order valence-electron chi connectivity index (χ2n) is 5.42. The molecule has 0 saturated carbocycles. The van der Waals surface area contributed by atoms with E-state index in [1.165, 1.54) is 0 Å². The number of carbonyl (C=O) groups is 2. The Bertz CT molecular complexity index is 320. The maximum atomic E-state index is 12.2. The molecule has 19 heavy (non-hydrogen) atoms. The SMILES string of the molecule is CC(C)C(CC(=O)O)NC(=O)N1CCCCC1CO. The normalized spacial score (nSPS) is 21.3. The summed E-state index contributed by atoms with van der Waals surface area (Å²) in [6, 6.07) is -0.795. The van der Waals surface area contributed by atoms with Crippen molar-refractivity contribution >= 4 is 12.0 Å². The molecule has 2 unspecified atom stereocenters. The smallest absolute Gasteiger partial charge is 0.317 e. The molecule has 1 fully saturated rings. The number of aliphatic carboxylic acids is 1. The molecular weight excluding hydrogens is 248 g/mol. The standard InChI is InChI=1S/C13H24N2O4/c1-9(2)11(7-12(17)18)14-13(19)15-6-4-3-5-10(15)8-16/h9-11,16H,3-8H2,1-2H3,(H,14,19)(H,17,18). The van der Waals surface area contributed by atoms with Crippen molar-refractivity contribution in [2.45, 2.75) is 51.6 Å². The topological polar surface area (TPSA) is 89.9 Å². The van der Waals surface area contributed by atoms with Gasteiger partial charge in [0.25, 0.3) is 0 Å². The van der Waals surface area contributed by atoms with E-state index in [9.17, 15) is 14.7 Å². The number of amides is 2. The maximum Gasteiger partial charge on any atom is 0.317 e. The number of hydrogen-bond acceptors (Lipinski definition) is 3. The Balaban J connectivity index is 2.61. The van der Waals surface area contributed by atoms with E-state index in [0.717, 1.165) is 19.3 Å². The van der Waals surface area contributed by atoms with Crippen LogP contribution in [0.25, 0.3) is 0 Å². The monoisotopic (exact) mass is 272 g/mol. The largest absolute Gasteiger partial charge is 0.481 e. The molecule has 0 spiro atoms. The summed E-state index contributed by atoms with van der Waals surface area (Å²) >= 11 is 0. The van der Waals surface area contributed by atoms with Crippen molar-refractivity contribution in [2.24, 2.45) is 5.92 Å². The second kappa shape index (κ2) is 7.33. The first-order valence-electron chi connectivity index (χ1n) is 6.85. The van der Waals surface area contributed by atoms with Crippen LogP contribution < -0.4 is 5.32 Å². The lowest BCUT2D eigenvalue weighted by Crippen LogP contribution is -2.53. The molecule has 1 heterocycles. The van der Waals surface area contributed by atoms with E-state index in [4.69, 9.17) is 5.11 Å². The number of aliphatic hydroxyl groups is 1. The van der Waals surface area contributed by atoms with Gasteiger partial charge in [-0.1, -0.05) is 13.8 Å². The number of carboxylic acids is 1. The Labute approximate surface area is 113 Å². The summed E-state index contributed by atoms with van der Waals surface area (Å²) in [6.45, 7) is 4.34. The molecule has 1 rings (SSSR count). The molecule has 0 aromatic carbocycles. The van der Waals surface area contributed by atoms with Crippen molar-refractivity contribution < 1.29 is 19.8 Å². The molecule has 110 valence electrons. The van der Waals surface area contributed by atoms with E-state index in [1.54, 1.807) is 4.90 Å². The second-order valence-corrected chi connectivity index (χ2v) is 5.42. The molecule has 2 amide bonds. The maximum absolute atomic E-state index is 12.2. The quantitative estimate of drug-likeness (QED) is 0.697. The number of aliphatic hydroxyl groups excluding tert-OH is 1. The zero-order chi connectivity index (χ0) is 14.4. The highest BCUT2D eigenvalue weighted by atomic mass is 16.4. The molecule has 0 aliphatic carbocycles. The minimum absolute atomic E-state index is 0.0430. The molecule has 0 bridgehead atoms. The predicted octanol–water partition coefficient (Wildman–Crippen LogP) is 1.04. The van der Waals surface area contributed by atoms with Gasteiger partial charge in [0, 0.05) is 12.6 Å². The van der Waals surface area contributed by atoms with Gasteiger partial charge in [0.2, 0.25) is 0 Å². The number of hydrogen-bond donors (Lipinski definition) is 3. The lowest BCUT2D eigenvalue weighted by atomic mass is 10.0. The Kier molecular flexibility index (Phi) is 6.08. The van der Waals surface area contributed by atoms with Crippen molar-refractivity contribution in [1.82, 2.24) is 10.2 Å². The highest BCUT2D eigenvalue weighted by molar-refractivity contribution is 5.76. The minimum atomic E-state index is -0.920. The molecule has 1 aliphatic heterocycles. The number of piperidine rings is 1. The molecule has 0 radical (unpaired) electrons. The fraction of sp³-hybridized carbons (Fsp3) is 0.846. The summed E-state index contributed by atoms with van der Waals surface area (Å²) < 4.78 is 0. The van der Waals surface area contributed by atoms with E-state index in [2.05, 4.69) is 5.32 Å². The third-order valence-corrected chi connectivity index (χ3v) is 3.61. The zero-order valence-electron chi connectivity index (χ0n) is 11.6. The first-order valence-corrected chi connectivity index (χ1v) is 6.85. The van der Waals surface area contributed by atoms with Crippen LogP contribution in [-0.4, -0.2) is 52.3 Å². The van der Waals surface area contributed by atoms with E-state index in [-0.39, 0.29) is 37.1 Å². The molecule has 6 nitrogen and oxygen atoms in total. The van der Waals surface area contributed by atoms with Crippen molar-refractivity contribution in [3.63, 3.8) is 0 Å². The van der Waals surface area contributed by atoms with Crippen molar-refractivity contribution in [1.29, 1.82) is 0 Å². The Morgan fingerprint density at radius 1 is 1.37 bits per heavy atom. The van der Waals surface area contributed by atoms with E-state index >= 15 is 0 Å². The third-order valence-electron chi connectivity index (χ3n) is 3.61. The van der Waals surface area contributed by atoms with Crippen LogP contribution in [0.5, 0.6) is 0 Å². The van der Waals surface area contributed by atoms with Crippen LogP contribution >= 0.6 is 0 Å². The molecule has 2 atom stereocenters. The van der Waals surface area contributed by atoms with Gasteiger partial charge in [0.15, 0.2) is 0 Å². The van der Waals surface area contributed by atoms with Crippen LogP contribution in [0.15, 0.2) is 0 Å². The Morgan fingerprint density at radius 2 is 2.05 bits per heavy atom. The first kappa shape index (κ1) is 15.8. The summed E-state index contributed by atoms with van der Waals surface area (Å²) in [6.07, 6.45) is 2.66. The molecule has 1 aliphatic rings. The number of rotatable bonds is 5. The van der Waals surface area contributed by atoms with E-state index in [1.807, 2.05) is 13.8 Å². The van der Waals surface area contributed by atoms with Crippen LogP contribution in [0.1, 0.15) is 39.5 Å². The minimum Gasteiger partial charge on any atom is -0.481 e. The average molecular weight is 272 g/mol. The van der Waals surface area contributed by atoms with Crippen LogP contribution in [-0.2, 0) is 4.79 Å². The lowest BCUT2D eigenvalue weighted by Gasteiger charge is -2.36. The number of nitrogens with zero attached hydrogens (tertiary/aromatic N) is 1. The van der Waals surface area contributed by atoms with Gasteiger partial charge in [-0.2, -0.15) is 0 Å². The number of carbonyl (C=O) groups excluding carboxylic acids is 1. The Hall–Kier alpha value is -1.30. The van der Waals surface area contributed by atoms with Gasteiger partial charge in [-0.05, 0) is 25.2 Å². The fourth-order valence-electron chi connectivity index (χ4n) is 2.34. The number of carboxylic acid groups (broad SMARTS) is 1. The van der Waals surface area contributed by atoms with Crippen LogP contribution in [0.3, 0.4) is 0 Å². The molecular formula is C13H24N2O4. The fourth-order valence-corrected chi connectivity index (χ4v) is 2.34. The highest BCUT2D eigenvalue weighted by Gasteiger charge is 2.28. The number of likely N-dealkylation sites (tertiary alicyclic amines) is 1. The zero-order valence-corrected chi connectivity index (χ0v) is 11.6. The lowest BCUT2D eigenvalue weighted by molar-refractivity contribution is -0.137. The van der Waals surface area contributed by atoms with Gasteiger partial charge in [0.05, 0.1) is 19.1 Å². The summed E-state index contributed by atoms with van der Waals surface area (Å²) in [5, 5.41) is 20.9. The molecule has 0 aromatic heterocycles.